The molecule has 3 rings (SSSR count). The summed E-state index contributed by atoms with van der Waals surface area (Å²) < 4.78 is 36.6. The molecule has 3 aromatic rings. The first-order valence-electron chi connectivity index (χ1n) is 10.0. The Morgan fingerprint density at radius 3 is 2.06 bits per heavy atom. The number of para-hydroxylation sites is 2. The van der Waals surface area contributed by atoms with Crippen molar-refractivity contribution in [3.05, 3.63) is 84.4 Å². The second kappa shape index (κ2) is 10.2. The molecule has 0 spiro atoms. The fourth-order valence-electron chi connectivity index (χ4n) is 3.21. The topological polar surface area (TPSA) is 102 Å². The summed E-state index contributed by atoms with van der Waals surface area (Å²) in [6.45, 7) is 1.46. The molecule has 33 heavy (non-hydrogen) atoms. The van der Waals surface area contributed by atoms with Gasteiger partial charge in [0.05, 0.1) is 30.3 Å². The molecule has 0 saturated carbocycles. The van der Waals surface area contributed by atoms with Crippen LogP contribution in [0.5, 0.6) is 11.5 Å². The third-order valence-electron chi connectivity index (χ3n) is 4.75. The van der Waals surface area contributed by atoms with Crippen molar-refractivity contribution in [2.24, 2.45) is 0 Å². The molecule has 0 aromatic heterocycles. The maximum atomic E-state index is 13.0. The fourth-order valence-corrected chi connectivity index (χ4v) is 4.39. The lowest BCUT2D eigenvalue weighted by Gasteiger charge is -2.28. The van der Waals surface area contributed by atoms with Crippen molar-refractivity contribution in [2.45, 2.75) is 13.0 Å². The van der Waals surface area contributed by atoms with Gasteiger partial charge < -0.3 is 14.8 Å². The minimum Gasteiger partial charge on any atom is -0.465 e. The number of hydrogen-bond acceptors (Lipinski definition) is 6. The van der Waals surface area contributed by atoms with Crippen LogP contribution >= 0.6 is 0 Å². The van der Waals surface area contributed by atoms with Crippen LogP contribution < -0.4 is 14.4 Å². The zero-order valence-corrected chi connectivity index (χ0v) is 19.2. The van der Waals surface area contributed by atoms with E-state index in [-0.39, 0.29) is 11.3 Å². The minimum atomic E-state index is -3.82. The quantitative estimate of drug-likeness (QED) is 0.500. The highest BCUT2D eigenvalue weighted by Crippen LogP contribution is 2.27. The first-order chi connectivity index (χ1) is 15.7. The predicted molar refractivity (Wildman–Crippen MR) is 126 cm³/mol. The average molecular weight is 469 g/mol. The Morgan fingerprint density at radius 1 is 0.879 bits per heavy atom. The lowest BCUT2D eigenvalue weighted by atomic mass is 10.1. The van der Waals surface area contributed by atoms with Gasteiger partial charge in [-0.15, -0.1) is 0 Å². The zero-order valence-electron chi connectivity index (χ0n) is 18.4. The summed E-state index contributed by atoms with van der Waals surface area (Å²) in [4.78, 5) is 24.9. The maximum absolute atomic E-state index is 13.0. The highest BCUT2D eigenvalue weighted by Gasteiger charge is 2.30. The van der Waals surface area contributed by atoms with Gasteiger partial charge in [-0.25, -0.2) is 13.2 Å². The van der Waals surface area contributed by atoms with E-state index in [1.807, 2.05) is 18.2 Å². The molecule has 0 fully saturated rings. The van der Waals surface area contributed by atoms with Crippen molar-refractivity contribution >= 4 is 33.3 Å². The number of methoxy groups -OCH3 is 1. The largest absolute Gasteiger partial charge is 0.465 e. The van der Waals surface area contributed by atoms with E-state index in [2.05, 4.69) is 5.32 Å². The van der Waals surface area contributed by atoms with Crippen LogP contribution in [-0.4, -0.2) is 39.7 Å². The fraction of sp³-hybridized carbons (Fsp3) is 0.167. The summed E-state index contributed by atoms with van der Waals surface area (Å²) >= 11 is 0. The molecular weight excluding hydrogens is 444 g/mol. The highest BCUT2D eigenvalue weighted by atomic mass is 32.2. The molecule has 8 nitrogen and oxygen atoms in total. The summed E-state index contributed by atoms with van der Waals surface area (Å²) in [5, 5.41) is 2.62. The first kappa shape index (κ1) is 23.8. The normalized spacial score (nSPS) is 11.8. The van der Waals surface area contributed by atoms with Gasteiger partial charge in [0, 0.05) is 0 Å². The Labute approximate surface area is 192 Å². The van der Waals surface area contributed by atoms with Crippen LogP contribution in [0.2, 0.25) is 0 Å². The van der Waals surface area contributed by atoms with Gasteiger partial charge in [-0.3, -0.25) is 9.10 Å². The molecule has 1 amide bonds. The summed E-state index contributed by atoms with van der Waals surface area (Å²) in [7, 11) is -2.58. The molecule has 9 heteroatoms. The van der Waals surface area contributed by atoms with Gasteiger partial charge in [0.2, 0.25) is 15.9 Å². The van der Waals surface area contributed by atoms with E-state index in [4.69, 9.17) is 9.47 Å². The standard InChI is InChI=1S/C24H24N2O6S/c1-17(23(27)25-22-12-8-7-11-21(22)24(28)31-2)26(33(3,29)30)18-13-15-20(16-14-18)32-19-9-5-4-6-10-19/h4-17H,1-3H3,(H,25,27)/t17-/m0/s1. The Kier molecular flexibility index (Phi) is 7.34. The summed E-state index contributed by atoms with van der Waals surface area (Å²) in [5.41, 5.74) is 0.678. The number of nitrogens with one attached hydrogen (secondary N) is 1. The number of anilines is 2. The summed E-state index contributed by atoms with van der Waals surface area (Å²) in [5.74, 6) is -0.0707. The number of ether oxygens (including phenoxy) is 2. The van der Waals surface area contributed by atoms with Crippen LogP contribution in [0.3, 0.4) is 0 Å². The highest BCUT2D eigenvalue weighted by molar-refractivity contribution is 7.92. The zero-order chi connectivity index (χ0) is 24.0. The van der Waals surface area contributed by atoms with E-state index in [9.17, 15) is 18.0 Å². The molecule has 0 bridgehead atoms. The molecular formula is C24H24N2O6S. The third-order valence-corrected chi connectivity index (χ3v) is 5.99. The van der Waals surface area contributed by atoms with E-state index in [0.29, 0.717) is 17.2 Å². The molecule has 0 aliphatic carbocycles. The SMILES string of the molecule is COC(=O)c1ccccc1NC(=O)[C@H](C)N(c1ccc(Oc2ccccc2)cc1)S(C)(=O)=O. The van der Waals surface area contributed by atoms with Gasteiger partial charge >= 0.3 is 5.97 Å². The molecule has 3 aromatic carbocycles. The average Bonchev–Trinajstić information content (AvgIpc) is 2.80. The van der Waals surface area contributed by atoms with Gasteiger partial charge in [-0.1, -0.05) is 30.3 Å². The van der Waals surface area contributed by atoms with Gasteiger partial charge in [-0.05, 0) is 55.5 Å². The minimum absolute atomic E-state index is 0.161. The van der Waals surface area contributed by atoms with E-state index in [0.717, 1.165) is 10.6 Å². The Bertz CT molecular complexity index is 1230. The van der Waals surface area contributed by atoms with Crippen molar-refractivity contribution in [2.75, 3.05) is 23.0 Å². The number of carbonyl (C=O) groups excluding carboxylic acids is 2. The van der Waals surface area contributed by atoms with Crippen molar-refractivity contribution in [1.82, 2.24) is 0 Å². The Morgan fingerprint density at radius 2 is 1.45 bits per heavy atom. The third kappa shape index (κ3) is 5.89. The molecule has 0 unspecified atom stereocenters. The summed E-state index contributed by atoms with van der Waals surface area (Å²) in [6, 6.07) is 20.7. The van der Waals surface area contributed by atoms with E-state index in [1.165, 1.54) is 26.2 Å². The smallest absolute Gasteiger partial charge is 0.339 e. The number of nitrogens with zero attached hydrogens (tertiary/aromatic N) is 1. The number of hydrogen-bond donors (Lipinski definition) is 1. The van der Waals surface area contributed by atoms with Gasteiger partial charge in [0.15, 0.2) is 0 Å². The molecule has 1 N–H and O–H groups in total. The number of carbonyl (C=O) groups is 2. The monoisotopic (exact) mass is 468 g/mol. The lowest BCUT2D eigenvalue weighted by Crippen LogP contribution is -2.45. The number of amides is 1. The van der Waals surface area contributed by atoms with Crippen LogP contribution in [0.1, 0.15) is 17.3 Å². The van der Waals surface area contributed by atoms with Crippen LogP contribution in [0.15, 0.2) is 78.9 Å². The first-order valence-corrected chi connectivity index (χ1v) is 11.9. The second-order valence-corrected chi connectivity index (χ2v) is 9.03. The number of benzene rings is 3. The van der Waals surface area contributed by atoms with Crippen molar-refractivity contribution in [1.29, 1.82) is 0 Å². The van der Waals surface area contributed by atoms with Crippen LogP contribution in [-0.2, 0) is 19.6 Å². The van der Waals surface area contributed by atoms with Gasteiger partial charge in [0.25, 0.3) is 0 Å². The van der Waals surface area contributed by atoms with Gasteiger partial charge in [0.1, 0.15) is 17.5 Å². The predicted octanol–water partition coefficient (Wildman–Crippen LogP) is 4.06. The van der Waals surface area contributed by atoms with Gasteiger partial charge in [-0.2, -0.15) is 0 Å². The Balaban J connectivity index is 1.83. The molecule has 1 atom stereocenters. The molecule has 0 radical (unpaired) electrons. The maximum Gasteiger partial charge on any atom is 0.339 e. The van der Waals surface area contributed by atoms with Crippen molar-refractivity contribution in [3.8, 4) is 11.5 Å². The van der Waals surface area contributed by atoms with E-state index in [1.54, 1.807) is 48.5 Å². The van der Waals surface area contributed by atoms with Crippen molar-refractivity contribution in [3.63, 3.8) is 0 Å². The molecule has 0 aliphatic rings. The molecule has 0 saturated heterocycles. The van der Waals surface area contributed by atoms with Crippen LogP contribution in [0.4, 0.5) is 11.4 Å². The number of esters is 1. The summed E-state index contributed by atoms with van der Waals surface area (Å²) in [6.07, 6.45) is 1.02. The van der Waals surface area contributed by atoms with E-state index >= 15 is 0 Å². The Hall–Kier alpha value is -3.85. The molecule has 172 valence electrons. The van der Waals surface area contributed by atoms with E-state index < -0.39 is 27.9 Å². The van der Waals surface area contributed by atoms with Crippen LogP contribution in [0.25, 0.3) is 0 Å². The molecule has 0 heterocycles. The molecule has 0 aliphatic heterocycles. The van der Waals surface area contributed by atoms with Crippen molar-refractivity contribution < 1.29 is 27.5 Å². The van der Waals surface area contributed by atoms with Crippen LogP contribution in [0, 0.1) is 0 Å². The lowest BCUT2D eigenvalue weighted by molar-refractivity contribution is -0.116. The second-order valence-electron chi connectivity index (χ2n) is 7.17. The number of rotatable bonds is 8. The number of sulfonamides is 1.